The van der Waals surface area contributed by atoms with Gasteiger partial charge in [0.1, 0.15) is 5.82 Å². The maximum Gasteiger partial charge on any atom is 0.174 e. The number of hydrogen-bond donors (Lipinski definition) is 2. The first-order chi connectivity index (χ1) is 9.76. The summed E-state index contributed by atoms with van der Waals surface area (Å²) in [5.74, 6) is 0.986. The van der Waals surface area contributed by atoms with Gasteiger partial charge < -0.3 is 10.6 Å². The van der Waals surface area contributed by atoms with Crippen LogP contribution in [0.15, 0.2) is 48.5 Å². The van der Waals surface area contributed by atoms with Crippen molar-refractivity contribution in [1.29, 1.82) is 0 Å². The second-order valence-electron chi connectivity index (χ2n) is 4.29. The molecule has 20 heavy (non-hydrogen) atoms. The summed E-state index contributed by atoms with van der Waals surface area (Å²) < 4.78 is 12.9. The lowest BCUT2D eigenvalue weighted by atomic mass is 10.3. The average Bonchev–Trinajstić information content (AvgIpc) is 2.49. The zero-order valence-corrected chi connectivity index (χ0v) is 10.9. The van der Waals surface area contributed by atoms with Gasteiger partial charge in [0.2, 0.25) is 0 Å². The quantitative estimate of drug-likeness (QED) is 0.762. The van der Waals surface area contributed by atoms with Crippen molar-refractivity contribution in [2.45, 2.75) is 0 Å². The van der Waals surface area contributed by atoms with Gasteiger partial charge in [-0.05, 0) is 36.4 Å². The molecule has 0 radical (unpaired) electrons. The second kappa shape index (κ2) is 5.13. The minimum Gasteiger partial charge on any atom is -0.370 e. The number of nitrogens with zero attached hydrogens (tertiary/aromatic N) is 2. The predicted octanol–water partition coefficient (Wildman–Crippen LogP) is 3.55. The third-order valence-corrected chi connectivity index (χ3v) is 2.91. The fourth-order valence-corrected chi connectivity index (χ4v) is 1.93. The Balaban J connectivity index is 2.03. The molecule has 0 spiro atoms. The zero-order valence-electron chi connectivity index (χ0n) is 10.9. The molecular formula is C15H13FN4. The van der Waals surface area contributed by atoms with Crippen molar-refractivity contribution in [2.75, 3.05) is 17.7 Å². The van der Waals surface area contributed by atoms with Crippen LogP contribution in [-0.4, -0.2) is 17.0 Å². The van der Waals surface area contributed by atoms with E-state index in [4.69, 9.17) is 0 Å². The van der Waals surface area contributed by atoms with Crippen LogP contribution in [0.5, 0.6) is 0 Å². The fourth-order valence-electron chi connectivity index (χ4n) is 1.93. The predicted molar refractivity (Wildman–Crippen MR) is 78.8 cm³/mol. The molecule has 0 aliphatic carbocycles. The van der Waals surface area contributed by atoms with Crippen molar-refractivity contribution in [3.05, 3.63) is 54.3 Å². The minimum absolute atomic E-state index is 0.269. The van der Waals surface area contributed by atoms with E-state index >= 15 is 0 Å². The Morgan fingerprint density at radius 3 is 2.05 bits per heavy atom. The Hall–Kier alpha value is -2.69. The van der Waals surface area contributed by atoms with Crippen LogP contribution in [0.1, 0.15) is 0 Å². The molecule has 0 aliphatic heterocycles. The smallest absolute Gasteiger partial charge is 0.174 e. The van der Waals surface area contributed by atoms with Crippen molar-refractivity contribution in [3.63, 3.8) is 0 Å². The molecule has 0 unspecified atom stereocenters. The molecular weight excluding hydrogens is 255 g/mol. The van der Waals surface area contributed by atoms with E-state index in [1.807, 2.05) is 24.3 Å². The fraction of sp³-hybridized carbons (Fsp3) is 0.0667. The van der Waals surface area contributed by atoms with Gasteiger partial charge in [0, 0.05) is 12.7 Å². The van der Waals surface area contributed by atoms with Gasteiger partial charge in [0.25, 0.3) is 0 Å². The standard InChI is InChI=1S/C15H13FN4/c1-17-14-15(18-11-8-6-10(16)7-9-11)20-13-5-3-2-4-12(13)19-14/h2-9H,1H3,(H,17,19)(H,18,20). The molecule has 4 nitrogen and oxygen atoms in total. The molecule has 3 rings (SSSR count). The largest absolute Gasteiger partial charge is 0.370 e. The molecule has 0 bridgehead atoms. The summed E-state index contributed by atoms with van der Waals surface area (Å²) in [5, 5.41) is 6.15. The molecule has 2 aromatic carbocycles. The summed E-state index contributed by atoms with van der Waals surface area (Å²) in [6.45, 7) is 0. The number of aromatic nitrogens is 2. The SMILES string of the molecule is CNc1nc2ccccc2nc1Nc1ccc(F)cc1. The Bertz CT molecular complexity index is 740. The normalized spacial score (nSPS) is 10.5. The van der Waals surface area contributed by atoms with Crippen LogP contribution in [0.4, 0.5) is 21.7 Å². The molecule has 5 heteroatoms. The monoisotopic (exact) mass is 268 g/mol. The van der Waals surface area contributed by atoms with Crippen molar-refractivity contribution in [2.24, 2.45) is 0 Å². The van der Waals surface area contributed by atoms with E-state index in [0.717, 1.165) is 16.7 Å². The number of benzene rings is 2. The van der Waals surface area contributed by atoms with Crippen LogP contribution in [0.2, 0.25) is 0 Å². The molecule has 0 aliphatic rings. The molecule has 0 fully saturated rings. The first-order valence-electron chi connectivity index (χ1n) is 6.23. The molecule has 3 aromatic rings. The van der Waals surface area contributed by atoms with Crippen LogP contribution < -0.4 is 10.6 Å². The lowest BCUT2D eigenvalue weighted by molar-refractivity contribution is 0.628. The first-order valence-corrected chi connectivity index (χ1v) is 6.23. The lowest BCUT2D eigenvalue weighted by Gasteiger charge is -2.11. The highest BCUT2D eigenvalue weighted by molar-refractivity contribution is 5.81. The Kier molecular flexibility index (Phi) is 3.16. The van der Waals surface area contributed by atoms with Gasteiger partial charge in [0.05, 0.1) is 11.0 Å². The number of nitrogens with one attached hydrogen (secondary N) is 2. The molecule has 2 N–H and O–H groups in total. The summed E-state index contributed by atoms with van der Waals surface area (Å²) in [6.07, 6.45) is 0. The Morgan fingerprint density at radius 1 is 0.850 bits per heavy atom. The summed E-state index contributed by atoms with van der Waals surface area (Å²) in [6, 6.07) is 13.8. The van der Waals surface area contributed by atoms with E-state index in [9.17, 15) is 4.39 Å². The molecule has 1 heterocycles. The van der Waals surface area contributed by atoms with E-state index in [2.05, 4.69) is 20.6 Å². The van der Waals surface area contributed by atoms with Crippen LogP contribution in [-0.2, 0) is 0 Å². The maximum absolute atomic E-state index is 12.9. The Morgan fingerprint density at radius 2 is 1.45 bits per heavy atom. The molecule has 0 saturated carbocycles. The summed E-state index contributed by atoms with van der Waals surface area (Å²) in [5.41, 5.74) is 2.38. The third kappa shape index (κ3) is 2.38. The van der Waals surface area contributed by atoms with Gasteiger partial charge in [0.15, 0.2) is 11.6 Å². The van der Waals surface area contributed by atoms with E-state index in [-0.39, 0.29) is 5.82 Å². The van der Waals surface area contributed by atoms with Crippen LogP contribution in [0.3, 0.4) is 0 Å². The number of halogens is 1. The van der Waals surface area contributed by atoms with Gasteiger partial charge in [-0.3, -0.25) is 0 Å². The zero-order chi connectivity index (χ0) is 13.9. The van der Waals surface area contributed by atoms with Crippen LogP contribution >= 0.6 is 0 Å². The van der Waals surface area contributed by atoms with Gasteiger partial charge in [-0.15, -0.1) is 0 Å². The maximum atomic E-state index is 12.9. The second-order valence-corrected chi connectivity index (χ2v) is 4.29. The van der Waals surface area contributed by atoms with Crippen molar-refractivity contribution >= 4 is 28.4 Å². The highest BCUT2D eigenvalue weighted by Crippen LogP contribution is 2.24. The molecule has 100 valence electrons. The van der Waals surface area contributed by atoms with Gasteiger partial charge in [-0.2, -0.15) is 0 Å². The topological polar surface area (TPSA) is 49.8 Å². The number of hydrogen-bond acceptors (Lipinski definition) is 4. The lowest BCUT2D eigenvalue weighted by Crippen LogP contribution is -2.02. The van der Waals surface area contributed by atoms with E-state index in [0.29, 0.717) is 11.6 Å². The molecule has 0 saturated heterocycles. The Labute approximate surface area is 115 Å². The molecule has 0 amide bonds. The highest BCUT2D eigenvalue weighted by Gasteiger charge is 2.07. The number of para-hydroxylation sites is 2. The molecule has 0 atom stereocenters. The minimum atomic E-state index is -0.269. The van der Waals surface area contributed by atoms with E-state index in [1.54, 1.807) is 19.2 Å². The summed E-state index contributed by atoms with van der Waals surface area (Å²) in [7, 11) is 1.79. The third-order valence-electron chi connectivity index (χ3n) is 2.91. The summed E-state index contributed by atoms with van der Waals surface area (Å²) in [4.78, 5) is 9.03. The number of fused-ring (bicyclic) bond motifs is 1. The van der Waals surface area contributed by atoms with Crippen molar-refractivity contribution in [1.82, 2.24) is 9.97 Å². The van der Waals surface area contributed by atoms with Crippen LogP contribution in [0.25, 0.3) is 11.0 Å². The van der Waals surface area contributed by atoms with Crippen molar-refractivity contribution < 1.29 is 4.39 Å². The number of anilines is 3. The van der Waals surface area contributed by atoms with E-state index < -0.39 is 0 Å². The van der Waals surface area contributed by atoms with Gasteiger partial charge in [-0.25, -0.2) is 14.4 Å². The summed E-state index contributed by atoms with van der Waals surface area (Å²) >= 11 is 0. The van der Waals surface area contributed by atoms with Gasteiger partial charge >= 0.3 is 0 Å². The first kappa shape index (κ1) is 12.3. The highest BCUT2D eigenvalue weighted by atomic mass is 19.1. The van der Waals surface area contributed by atoms with E-state index in [1.165, 1.54) is 12.1 Å². The average molecular weight is 268 g/mol. The van der Waals surface area contributed by atoms with Crippen molar-refractivity contribution in [3.8, 4) is 0 Å². The molecule has 1 aromatic heterocycles. The number of rotatable bonds is 3. The van der Waals surface area contributed by atoms with Gasteiger partial charge in [-0.1, -0.05) is 12.1 Å². The van der Waals surface area contributed by atoms with Crippen LogP contribution in [0, 0.1) is 5.82 Å².